The molecule has 2 fully saturated rings. The van der Waals surface area contributed by atoms with Crippen LogP contribution in [0.5, 0.6) is 0 Å². The molecule has 1 aromatic carbocycles. The van der Waals surface area contributed by atoms with E-state index < -0.39 is 35.1 Å². The van der Waals surface area contributed by atoms with Gasteiger partial charge in [0.15, 0.2) is 11.2 Å². The standard InChI is InChI=1S/C20H23N3O6S/c1-12(24)30-16(11-13-5-3-2-4-6-13)18(26)21-14-7-8-17(25)22-10-9-15(20(28)29)23(22)19(14)27/h2-6,14-16H,7-11H2,1H3,(H,21,26)(H,28,29)/t14?,15-,16-/m0/s1. The Morgan fingerprint density at radius 1 is 1.20 bits per heavy atom. The van der Waals surface area contributed by atoms with Gasteiger partial charge in [0, 0.05) is 26.3 Å². The van der Waals surface area contributed by atoms with Gasteiger partial charge >= 0.3 is 5.97 Å². The minimum Gasteiger partial charge on any atom is -0.480 e. The highest BCUT2D eigenvalue weighted by Crippen LogP contribution is 2.26. The summed E-state index contributed by atoms with van der Waals surface area (Å²) in [5.74, 6) is -2.66. The first-order valence-electron chi connectivity index (χ1n) is 9.65. The summed E-state index contributed by atoms with van der Waals surface area (Å²) < 4.78 is 0. The second-order valence-electron chi connectivity index (χ2n) is 7.23. The molecule has 10 heteroatoms. The molecule has 2 saturated heterocycles. The summed E-state index contributed by atoms with van der Waals surface area (Å²) >= 11 is 0.876. The quantitative estimate of drug-likeness (QED) is 0.673. The van der Waals surface area contributed by atoms with Crippen LogP contribution >= 0.6 is 11.8 Å². The second kappa shape index (κ2) is 9.29. The van der Waals surface area contributed by atoms with Crippen molar-refractivity contribution in [1.82, 2.24) is 15.3 Å². The highest BCUT2D eigenvalue weighted by Gasteiger charge is 2.47. The zero-order valence-corrected chi connectivity index (χ0v) is 17.3. The van der Waals surface area contributed by atoms with Crippen LogP contribution in [0.1, 0.15) is 31.7 Å². The molecule has 1 unspecified atom stereocenters. The van der Waals surface area contributed by atoms with E-state index in [9.17, 15) is 29.1 Å². The van der Waals surface area contributed by atoms with Crippen molar-refractivity contribution in [2.75, 3.05) is 6.54 Å². The number of hydrogen-bond acceptors (Lipinski definition) is 6. The fourth-order valence-electron chi connectivity index (χ4n) is 3.68. The van der Waals surface area contributed by atoms with Crippen LogP contribution in [0.4, 0.5) is 0 Å². The lowest BCUT2D eigenvalue weighted by atomic mass is 10.1. The van der Waals surface area contributed by atoms with Gasteiger partial charge in [-0.3, -0.25) is 24.2 Å². The zero-order chi connectivity index (χ0) is 21.8. The maximum absolute atomic E-state index is 13.0. The van der Waals surface area contributed by atoms with Gasteiger partial charge in [-0.15, -0.1) is 0 Å². The van der Waals surface area contributed by atoms with Gasteiger partial charge in [0.05, 0.1) is 5.25 Å². The summed E-state index contributed by atoms with van der Waals surface area (Å²) in [6.07, 6.45) is 0.531. The number of carboxylic acid groups (broad SMARTS) is 1. The normalized spacial score (nSPS) is 22.3. The van der Waals surface area contributed by atoms with Crippen molar-refractivity contribution in [2.24, 2.45) is 0 Å². The molecule has 0 saturated carbocycles. The fraction of sp³-hybridized carbons (Fsp3) is 0.450. The summed E-state index contributed by atoms with van der Waals surface area (Å²) in [7, 11) is 0. The molecule has 0 aromatic heterocycles. The Hall–Kier alpha value is -2.88. The third kappa shape index (κ3) is 4.81. The molecular formula is C20H23N3O6S. The molecular weight excluding hydrogens is 410 g/mol. The van der Waals surface area contributed by atoms with Crippen LogP contribution < -0.4 is 5.32 Å². The van der Waals surface area contributed by atoms with Gasteiger partial charge in [-0.2, -0.15) is 0 Å². The summed E-state index contributed by atoms with van der Waals surface area (Å²) in [4.78, 5) is 61.5. The largest absolute Gasteiger partial charge is 0.480 e. The molecule has 3 amide bonds. The third-order valence-electron chi connectivity index (χ3n) is 5.09. The number of fused-ring (bicyclic) bond motifs is 1. The lowest BCUT2D eigenvalue weighted by Gasteiger charge is -2.30. The fourth-order valence-corrected chi connectivity index (χ4v) is 4.53. The first kappa shape index (κ1) is 21.8. The number of carboxylic acids is 1. The van der Waals surface area contributed by atoms with Crippen molar-refractivity contribution in [3.63, 3.8) is 0 Å². The van der Waals surface area contributed by atoms with Crippen LogP contribution in [0.2, 0.25) is 0 Å². The number of aliphatic carboxylic acids is 1. The Labute approximate surface area is 177 Å². The number of benzene rings is 1. The molecule has 9 nitrogen and oxygen atoms in total. The predicted octanol–water partition coefficient (Wildman–Crippen LogP) is 0.585. The molecule has 1 aromatic rings. The topological polar surface area (TPSA) is 124 Å². The summed E-state index contributed by atoms with van der Waals surface area (Å²) in [6, 6.07) is 7.03. The van der Waals surface area contributed by atoms with Crippen LogP contribution in [-0.2, 0) is 30.4 Å². The van der Waals surface area contributed by atoms with Crippen molar-refractivity contribution >= 4 is 40.6 Å². The molecule has 3 rings (SSSR count). The van der Waals surface area contributed by atoms with Gasteiger partial charge in [0.2, 0.25) is 11.8 Å². The van der Waals surface area contributed by atoms with E-state index in [2.05, 4.69) is 5.32 Å². The molecule has 0 bridgehead atoms. The number of nitrogens with one attached hydrogen (secondary N) is 1. The first-order valence-corrected chi connectivity index (χ1v) is 10.5. The SMILES string of the molecule is CC(=O)S[C@@H](Cc1ccccc1)C(=O)NC1CCC(=O)N2CC[C@@H](C(=O)O)N2C1=O. The number of hydrogen-bond donors (Lipinski definition) is 2. The number of hydrazine groups is 1. The Morgan fingerprint density at radius 3 is 2.53 bits per heavy atom. The Balaban J connectivity index is 1.77. The highest BCUT2D eigenvalue weighted by atomic mass is 32.2. The Bertz CT molecular complexity index is 861. The van der Waals surface area contributed by atoms with Gasteiger partial charge in [-0.05, 0) is 18.4 Å². The molecule has 0 spiro atoms. The first-order chi connectivity index (χ1) is 14.3. The minimum absolute atomic E-state index is 0.0166. The number of carbonyl (C=O) groups excluding carboxylic acids is 4. The van der Waals surface area contributed by atoms with Gasteiger partial charge < -0.3 is 10.4 Å². The summed E-state index contributed by atoms with van der Waals surface area (Å²) in [5.41, 5.74) is 0.866. The number of carbonyl (C=O) groups is 5. The van der Waals surface area contributed by atoms with E-state index in [1.807, 2.05) is 30.3 Å². The highest BCUT2D eigenvalue weighted by molar-refractivity contribution is 8.14. The Kier molecular flexibility index (Phi) is 6.76. The van der Waals surface area contributed by atoms with Gasteiger partial charge in [-0.25, -0.2) is 9.80 Å². The van der Waals surface area contributed by atoms with E-state index >= 15 is 0 Å². The molecule has 160 valence electrons. The maximum atomic E-state index is 13.0. The molecule has 0 radical (unpaired) electrons. The van der Waals surface area contributed by atoms with E-state index in [-0.39, 0.29) is 36.8 Å². The monoisotopic (exact) mass is 433 g/mol. The molecule has 30 heavy (non-hydrogen) atoms. The molecule has 3 atom stereocenters. The van der Waals surface area contributed by atoms with Crippen LogP contribution in [-0.4, -0.2) is 67.8 Å². The average molecular weight is 433 g/mol. The average Bonchev–Trinajstić information content (AvgIpc) is 3.11. The molecule has 2 N–H and O–H groups in total. The van der Waals surface area contributed by atoms with Gasteiger partial charge in [0.1, 0.15) is 6.04 Å². The van der Waals surface area contributed by atoms with E-state index in [0.717, 1.165) is 22.3 Å². The van der Waals surface area contributed by atoms with E-state index in [1.165, 1.54) is 11.9 Å². The van der Waals surface area contributed by atoms with Gasteiger partial charge in [-0.1, -0.05) is 42.1 Å². The minimum atomic E-state index is -1.19. The summed E-state index contributed by atoms with van der Waals surface area (Å²) in [5, 5.41) is 13.2. The van der Waals surface area contributed by atoms with Gasteiger partial charge in [0.25, 0.3) is 5.91 Å². The number of rotatable bonds is 6. The van der Waals surface area contributed by atoms with Crippen LogP contribution in [0, 0.1) is 0 Å². The van der Waals surface area contributed by atoms with Crippen molar-refractivity contribution in [3.8, 4) is 0 Å². The molecule has 2 heterocycles. The lowest BCUT2D eigenvalue weighted by molar-refractivity contribution is -0.166. The lowest BCUT2D eigenvalue weighted by Crippen LogP contribution is -2.55. The van der Waals surface area contributed by atoms with Crippen LogP contribution in [0.15, 0.2) is 30.3 Å². The summed E-state index contributed by atoms with van der Waals surface area (Å²) in [6.45, 7) is 1.52. The van der Waals surface area contributed by atoms with E-state index in [0.29, 0.717) is 6.42 Å². The maximum Gasteiger partial charge on any atom is 0.328 e. The van der Waals surface area contributed by atoms with Crippen molar-refractivity contribution in [1.29, 1.82) is 0 Å². The van der Waals surface area contributed by atoms with Crippen LogP contribution in [0.25, 0.3) is 0 Å². The number of amides is 3. The zero-order valence-electron chi connectivity index (χ0n) is 16.4. The number of thioether (sulfide) groups is 1. The predicted molar refractivity (Wildman–Crippen MR) is 108 cm³/mol. The molecule has 0 aliphatic carbocycles. The van der Waals surface area contributed by atoms with Crippen molar-refractivity contribution < 1.29 is 29.1 Å². The Morgan fingerprint density at radius 2 is 1.90 bits per heavy atom. The van der Waals surface area contributed by atoms with E-state index in [4.69, 9.17) is 0 Å². The smallest absolute Gasteiger partial charge is 0.328 e. The van der Waals surface area contributed by atoms with Crippen molar-refractivity contribution in [2.45, 2.75) is 49.9 Å². The van der Waals surface area contributed by atoms with E-state index in [1.54, 1.807) is 0 Å². The van der Waals surface area contributed by atoms with Crippen LogP contribution in [0.3, 0.4) is 0 Å². The number of nitrogens with zero attached hydrogens (tertiary/aromatic N) is 2. The molecule has 2 aliphatic heterocycles. The molecule has 2 aliphatic rings. The second-order valence-corrected chi connectivity index (χ2v) is 8.61. The van der Waals surface area contributed by atoms with Crippen molar-refractivity contribution in [3.05, 3.63) is 35.9 Å². The third-order valence-corrected chi connectivity index (χ3v) is 6.09.